The van der Waals surface area contributed by atoms with Crippen molar-refractivity contribution in [3.8, 4) is 5.75 Å². The monoisotopic (exact) mass is 779 g/mol. The summed E-state index contributed by atoms with van der Waals surface area (Å²) < 4.78 is 0. The van der Waals surface area contributed by atoms with Crippen LogP contribution in [0.25, 0.3) is 0 Å². The Balaban J connectivity index is 2.64. The topological polar surface area (TPSA) is 259 Å². The molecular weight excluding hydrogens is 723 g/mol. The van der Waals surface area contributed by atoms with Gasteiger partial charge in [0, 0.05) is 18.7 Å². The second-order valence-corrected chi connectivity index (χ2v) is 15.3. The van der Waals surface area contributed by atoms with E-state index in [4.69, 9.17) is 11.5 Å². The lowest BCUT2D eigenvalue weighted by Crippen LogP contribution is -2.62. The molecule has 2 rings (SSSR count). The SMILES string of the molecule is CSCC[C@@H]1NC(=O)[C@H](CCCN=C(N)N)NC(=O)[C@H](CC(C)C)NC(=O)[C@H](CC(C)C)NC(=O)[C@H](CS)NC(=O)[C@H](Cc2ccc(O)cc2)NC1=O. The van der Waals surface area contributed by atoms with E-state index in [2.05, 4.69) is 49.5 Å². The zero-order valence-corrected chi connectivity index (χ0v) is 32.9. The van der Waals surface area contributed by atoms with Crippen LogP contribution in [0.2, 0.25) is 0 Å². The molecule has 0 aliphatic carbocycles. The maximum Gasteiger partial charge on any atom is 0.244 e. The van der Waals surface area contributed by atoms with Crippen LogP contribution in [0.4, 0.5) is 0 Å². The number of phenolic OH excluding ortho intramolecular Hbond substituents is 1. The summed E-state index contributed by atoms with van der Waals surface area (Å²) >= 11 is 5.74. The van der Waals surface area contributed by atoms with Crippen LogP contribution >= 0.6 is 24.4 Å². The number of rotatable bonds is 14. The Morgan fingerprint density at radius 2 is 1.11 bits per heavy atom. The van der Waals surface area contributed by atoms with Crippen molar-refractivity contribution >= 4 is 65.8 Å². The van der Waals surface area contributed by atoms with Gasteiger partial charge >= 0.3 is 0 Å². The Kier molecular flexibility index (Phi) is 19.3. The number of phenols is 1. The standard InChI is InChI=1S/C35H57N9O7S2/c1-19(2)15-25-31(48)39-23(7-6-13-38-35(36)37)29(46)40-24(12-14-53-5)30(47)43-27(17-21-8-10-22(45)11-9-21)33(50)44-28(18-52)34(51)42-26(16-20(3)4)32(49)41-25/h8-11,19-20,23-28,45,52H,6-7,12-18H2,1-5H3,(H,39,48)(H,40,46)(H,41,49)(H,42,51)(H,43,47)(H,44,50)(H4,36,37,38)/t23-,24-,25-,26-,27-,28-/m0/s1. The van der Waals surface area contributed by atoms with Gasteiger partial charge < -0.3 is 48.5 Å². The number of amides is 6. The van der Waals surface area contributed by atoms with Gasteiger partial charge in [0.05, 0.1) is 0 Å². The van der Waals surface area contributed by atoms with E-state index in [1.54, 1.807) is 12.1 Å². The lowest BCUT2D eigenvalue weighted by Gasteiger charge is -2.29. The molecule has 0 radical (unpaired) electrons. The van der Waals surface area contributed by atoms with Gasteiger partial charge in [-0.2, -0.15) is 24.4 Å². The molecule has 296 valence electrons. The van der Waals surface area contributed by atoms with Crippen molar-refractivity contribution < 1.29 is 33.9 Å². The number of hydrogen-bond acceptors (Lipinski definition) is 10. The third-order valence-electron chi connectivity index (χ3n) is 8.33. The van der Waals surface area contributed by atoms with Gasteiger partial charge in [0.15, 0.2) is 5.96 Å². The molecule has 0 aromatic heterocycles. The number of carbonyl (C=O) groups is 6. The third kappa shape index (κ3) is 16.2. The van der Waals surface area contributed by atoms with Crippen LogP contribution < -0.4 is 43.4 Å². The van der Waals surface area contributed by atoms with Crippen molar-refractivity contribution in [3.05, 3.63) is 29.8 Å². The predicted molar refractivity (Wildman–Crippen MR) is 209 cm³/mol. The van der Waals surface area contributed by atoms with Gasteiger partial charge in [-0.15, -0.1) is 0 Å². The highest BCUT2D eigenvalue weighted by Crippen LogP contribution is 2.14. The predicted octanol–water partition coefficient (Wildman–Crippen LogP) is -0.314. The number of benzene rings is 1. The molecule has 1 aliphatic heterocycles. The third-order valence-corrected chi connectivity index (χ3v) is 9.34. The lowest BCUT2D eigenvalue weighted by atomic mass is 9.99. The Morgan fingerprint density at radius 1 is 0.698 bits per heavy atom. The van der Waals surface area contributed by atoms with Gasteiger partial charge in [-0.3, -0.25) is 33.8 Å². The summed E-state index contributed by atoms with van der Waals surface area (Å²) in [5.41, 5.74) is 11.5. The van der Waals surface area contributed by atoms with E-state index < -0.39 is 71.7 Å². The van der Waals surface area contributed by atoms with Crippen molar-refractivity contribution in [1.29, 1.82) is 0 Å². The maximum absolute atomic E-state index is 13.9. The highest BCUT2D eigenvalue weighted by atomic mass is 32.2. The lowest BCUT2D eigenvalue weighted by molar-refractivity contribution is -0.136. The fourth-order valence-corrected chi connectivity index (χ4v) is 6.32. The van der Waals surface area contributed by atoms with Crippen LogP contribution in [-0.4, -0.2) is 107 Å². The van der Waals surface area contributed by atoms with Crippen molar-refractivity contribution in [3.63, 3.8) is 0 Å². The Hall–Kier alpha value is -4.19. The molecule has 53 heavy (non-hydrogen) atoms. The summed E-state index contributed by atoms with van der Waals surface area (Å²) in [6.45, 7) is 7.66. The van der Waals surface area contributed by atoms with Gasteiger partial charge in [-0.05, 0) is 73.6 Å². The molecule has 1 aromatic rings. The highest BCUT2D eigenvalue weighted by molar-refractivity contribution is 7.98. The summed E-state index contributed by atoms with van der Waals surface area (Å²) in [4.78, 5) is 86.8. The molecule has 6 atom stereocenters. The maximum atomic E-state index is 13.9. The van der Waals surface area contributed by atoms with E-state index in [1.807, 2.05) is 34.0 Å². The Morgan fingerprint density at radius 3 is 1.58 bits per heavy atom. The van der Waals surface area contributed by atoms with Crippen LogP contribution in [0.1, 0.15) is 65.4 Å². The molecular formula is C35H57N9O7S2. The van der Waals surface area contributed by atoms with Gasteiger partial charge in [-0.25, -0.2) is 0 Å². The van der Waals surface area contributed by atoms with Crippen molar-refractivity contribution in [2.45, 2.75) is 102 Å². The van der Waals surface area contributed by atoms with Gasteiger partial charge in [-0.1, -0.05) is 39.8 Å². The number of guanidine groups is 1. The minimum atomic E-state index is -1.23. The van der Waals surface area contributed by atoms with Gasteiger partial charge in [0.2, 0.25) is 35.4 Å². The summed E-state index contributed by atoms with van der Waals surface area (Å²) in [5.74, 6) is -3.82. The first-order chi connectivity index (χ1) is 25.0. The fourth-order valence-electron chi connectivity index (χ4n) is 5.59. The van der Waals surface area contributed by atoms with Crippen molar-refractivity contribution in [1.82, 2.24) is 31.9 Å². The average Bonchev–Trinajstić information content (AvgIpc) is 3.08. The molecule has 16 nitrogen and oxygen atoms in total. The number of aliphatic imine (C=N–C) groups is 1. The molecule has 1 fully saturated rings. The zero-order valence-electron chi connectivity index (χ0n) is 31.1. The van der Waals surface area contributed by atoms with Crippen molar-refractivity contribution in [2.24, 2.45) is 28.3 Å². The largest absolute Gasteiger partial charge is 0.508 e. The van der Waals surface area contributed by atoms with Crippen LogP contribution in [0.5, 0.6) is 5.75 Å². The molecule has 1 aromatic carbocycles. The first kappa shape index (κ1) is 45.0. The summed E-state index contributed by atoms with van der Waals surface area (Å²) in [5, 5.41) is 26.2. The molecule has 1 heterocycles. The smallest absolute Gasteiger partial charge is 0.244 e. The second kappa shape index (κ2) is 22.8. The quantitative estimate of drug-likeness (QED) is 0.0510. The molecule has 0 unspecified atom stereocenters. The average molecular weight is 780 g/mol. The highest BCUT2D eigenvalue weighted by Gasteiger charge is 2.35. The molecule has 0 bridgehead atoms. The van der Waals surface area contributed by atoms with Crippen molar-refractivity contribution in [2.75, 3.05) is 24.3 Å². The molecule has 0 saturated carbocycles. The first-order valence-corrected chi connectivity index (χ1v) is 19.8. The minimum Gasteiger partial charge on any atom is -0.508 e. The minimum absolute atomic E-state index is 0.00839. The number of carbonyl (C=O) groups excluding carboxylic acids is 6. The van der Waals surface area contributed by atoms with Crippen LogP contribution in [-0.2, 0) is 35.2 Å². The van der Waals surface area contributed by atoms with Crippen LogP contribution in [0.3, 0.4) is 0 Å². The molecule has 1 saturated heterocycles. The molecule has 18 heteroatoms. The number of thiol groups is 1. The first-order valence-electron chi connectivity index (χ1n) is 17.8. The van der Waals surface area contributed by atoms with E-state index >= 15 is 0 Å². The number of nitrogens with two attached hydrogens (primary N) is 2. The second-order valence-electron chi connectivity index (χ2n) is 13.9. The Labute approximate surface area is 321 Å². The van der Waals surface area contributed by atoms with E-state index in [0.29, 0.717) is 17.7 Å². The number of aromatic hydroxyl groups is 1. The van der Waals surface area contributed by atoms with Gasteiger partial charge in [0.25, 0.3) is 0 Å². The van der Waals surface area contributed by atoms with E-state index in [0.717, 1.165) is 0 Å². The van der Waals surface area contributed by atoms with E-state index in [9.17, 15) is 33.9 Å². The summed E-state index contributed by atoms with van der Waals surface area (Å²) in [7, 11) is 0. The molecule has 0 spiro atoms. The number of thioether (sulfide) groups is 1. The van der Waals surface area contributed by atoms with E-state index in [1.165, 1.54) is 23.9 Å². The number of hydrogen-bond donors (Lipinski definition) is 10. The van der Waals surface area contributed by atoms with E-state index in [-0.39, 0.29) is 67.9 Å². The summed E-state index contributed by atoms with van der Waals surface area (Å²) in [6.07, 6.45) is 2.82. The fraction of sp³-hybridized carbons (Fsp3) is 0.629. The zero-order chi connectivity index (χ0) is 39.7. The molecule has 11 N–H and O–H groups in total. The van der Waals surface area contributed by atoms with Crippen LogP contribution in [0, 0.1) is 11.8 Å². The number of nitrogens with one attached hydrogen (secondary N) is 6. The number of nitrogens with zero attached hydrogens (tertiary/aromatic N) is 1. The molecule has 6 amide bonds. The normalized spacial score (nSPS) is 23.8. The summed E-state index contributed by atoms with van der Waals surface area (Å²) in [6, 6.07) is -0.781. The Bertz CT molecular complexity index is 1420. The molecule has 1 aliphatic rings. The van der Waals surface area contributed by atoms with Crippen LogP contribution in [0.15, 0.2) is 29.3 Å². The van der Waals surface area contributed by atoms with Gasteiger partial charge in [0.1, 0.15) is 42.0 Å².